The van der Waals surface area contributed by atoms with Crippen molar-refractivity contribution >= 4 is 40.4 Å². The quantitative estimate of drug-likeness (QED) is 0.161. The Hall–Kier alpha value is -3.89. The molecule has 0 bridgehead atoms. The van der Waals surface area contributed by atoms with Crippen LogP contribution in [-0.4, -0.2) is 26.8 Å². The molecule has 0 aliphatic rings. The fourth-order valence-corrected chi connectivity index (χ4v) is 3.65. The minimum Gasteiger partial charge on any atom is -0.454 e. The average Bonchev–Trinajstić information content (AvgIpc) is 3.49. The Morgan fingerprint density at radius 2 is 1.94 bits per heavy atom. The van der Waals surface area contributed by atoms with E-state index >= 15 is 0 Å². The van der Waals surface area contributed by atoms with E-state index in [-0.39, 0.29) is 34.1 Å². The zero-order valence-electron chi connectivity index (χ0n) is 16.1. The summed E-state index contributed by atoms with van der Waals surface area (Å²) in [5, 5.41) is 18.5. The van der Waals surface area contributed by atoms with Crippen LogP contribution in [0.1, 0.15) is 32.1 Å². The summed E-state index contributed by atoms with van der Waals surface area (Å²) < 4.78 is 10.4. The molecule has 0 aliphatic carbocycles. The van der Waals surface area contributed by atoms with Gasteiger partial charge in [-0.2, -0.15) is 16.3 Å². The maximum Gasteiger partial charge on any atom is 0.339 e. The van der Waals surface area contributed by atoms with Crippen molar-refractivity contribution in [1.82, 2.24) is 10.1 Å². The van der Waals surface area contributed by atoms with E-state index < -0.39 is 22.4 Å². The summed E-state index contributed by atoms with van der Waals surface area (Å²) in [7, 11) is 0. The zero-order valence-corrected chi connectivity index (χ0v) is 17.6. The van der Waals surface area contributed by atoms with Gasteiger partial charge in [-0.25, -0.2) is 4.79 Å². The summed E-state index contributed by atoms with van der Waals surface area (Å²) in [6, 6.07) is 11.5. The third-order valence-corrected chi connectivity index (χ3v) is 5.37. The molecule has 0 amide bonds. The lowest BCUT2D eigenvalue weighted by atomic mass is 9.98. The summed E-state index contributed by atoms with van der Waals surface area (Å²) >= 11 is 7.29. The third-order valence-electron chi connectivity index (χ3n) is 4.37. The molecule has 9 nitrogen and oxygen atoms in total. The number of nitrogens with zero attached hydrogens (tertiary/aromatic N) is 3. The highest BCUT2D eigenvalue weighted by molar-refractivity contribution is 7.08. The van der Waals surface area contributed by atoms with E-state index in [1.54, 1.807) is 12.1 Å². The summed E-state index contributed by atoms with van der Waals surface area (Å²) in [5.41, 5.74) is 0.391. The predicted molar refractivity (Wildman–Crippen MR) is 115 cm³/mol. The number of carbonyl (C=O) groups excluding carboxylic acids is 2. The molecule has 0 radical (unpaired) electrons. The monoisotopic (exact) mass is 469 g/mol. The molecule has 0 unspecified atom stereocenters. The van der Waals surface area contributed by atoms with Crippen LogP contribution in [0.5, 0.6) is 0 Å². The SMILES string of the molecule is O=C(OCc1noc(-c2ccsc2)n1)c1ccccc1C(=O)c1ccc(Cl)c([N+](=O)[O-])c1. The first kappa shape index (κ1) is 21.3. The van der Waals surface area contributed by atoms with Crippen LogP contribution in [0.25, 0.3) is 11.5 Å². The number of hydrogen-bond donors (Lipinski definition) is 0. The standard InChI is InChI=1S/C21H12ClN3O6S/c22-16-6-5-12(9-17(16)25(28)29)19(26)14-3-1-2-4-15(14)21(27)30-10-18-23-20(31-24-18)13-7-8-32-11-13/h1-9,11H,10H2. The Labute approximate surface area is 189 Å². The van der Waals surface area contributed by atoms with Gasteiger partial charge in [0.2, 0.25) is 5.82 Å². The molecule has 2 heterocycles. The molecule has 0 spiro atoms. The summed E-state index contributed by atoms with van der Waals surface area (Å²) in [6.45, 7) is -0.262. The van der Waals surface area contributed by atoms with Crippen LogP contribution in [-0.2, 0) is 11.3 Å². The second-order valence-electron chi connectivity index (χ2n) is 6.40. The second-order valence-corrected chi connectivity index (χ2v) is 7.59. The Morgan fingerprint density at radius 3 is 2.66 bits per heavy atom. The van der Waals surface area contributed by atoms with Gasteiger partial charge < -0.3 is 9.26 Å². The largest absolute Gasteiger partial charge is 0.454 e. The average molecular weight is 470 g/mol. The summed E-state index contributed by atoms with van der Waals surface area (Å²) in [5.74, 6) is -0.898. The Bertz CT molecular complexity index is 1320. The number of carbonyl (C=O) groups is 2. The van der Waals surface area contributed by atoms with Crippen LogP contribution in [0.3, 0.4) is 0 Å². The van der Waals surface area contributed by atoms with E-state index in [0.717, 1.165) is 11.6 Å². The number of nitro benzene ring substituents is 1. The maximum absolute atomic E-state index is 13.0. The highest BCUT2D eigenvalue weighted by Crippen LogP contribution is 2.27. The van der Waals surface area contributed by atoms with E-state index in [9.17, 15) is 19.7 Å². The van der Waals surface area contributed by atoms with Gasteiger partial charge in [-0.15, -0.1) is 0 Å². The lowest BCUT2D eigenvalue weighted by molar-refractivity contribution is -0.384. The third kappa shape index (κ3) is 4.41. The highest BCUT2D eigenvalue weighted by atomic mass is 35.5. The number of benzene rings is 2. The molecule has 11 heteroatoms. The maximum atomic E-state index is 13.0. The highest BCUT2D eigenvalue weighted by Gasteiger charge is 2.22. The minimum absolute atomic E-state index is 0.00310. The molecule has 0 N–H and O–H groups in total. The van der Waals surface area contributed by atoms with Crippen LogP contribution in [0.2, 0.25) is 5.02 Å². The van der Waals surface area contributed by atoms with Gasteiger partial charge in [0.05, 0.1) is 16.1 Å². The number of ether oxygens (including phenoxy) is 1. The summed E-state index contributed by atoms with van der Waals surface area (Å²) in [4.78, 5) is 40.2. The van der Waals surface area contributed by atoms with E-state index in [1.165, 1.54) is 35.6 Å². The van der Waals surface area contributed by atoms with Crippen molar-refractivity contribution in [3.05, 3.63) is 96.9 Å². The van der Waals surface area contributed by atoms with Crippen molar-refractivity contribution in [1.29, 1.82) is 0 Å². The molecule has 32 heavy (non-hydrogen) atoms. The fourth-order valence-electron chi connectivity index (χ4n) is 2.83. The fraction of sp³-hybridized carbons (Fsp3) is 0.0476. The van der Waals surface area contributed by atoms with Gasteiger partial charge in [-0.3, -0.25) is 14.9 Å². The number of esters is 1. The van der Waals surface area contributed by atoms with Crippen LogP contribution in [0, 0.1) is 10.1 Å². The number of nitro groups is 1. The van der Waals surface area contributed by atoms with Gasteiger partial charge in [-0.05, 0) is 29.6 Å². The topological polar surface area (TPSA) is 125 Å². The molecule has 0 aliphatic heterocycles. The van der Waals surface area contributed by atoms with Crippen molar-refractivity contribution in [2.45, 2.75) is 6.61 Å². The van der Waals surface area contributed by atoms with Crippen molar-refractivity contribution in [3.8, 4) is 11.5 Å². The molecule has 4 aromatic rings. The van der Waals surface area contributed by atoms with Gasteiger partial charge in [-0.1, -0.05) is 35.0 Å². The number of aromatic nitrogens is 2. The van der Waals surface area contributed by atoms with Crippen LogP contribution in [0.15, 0.2) is 63.8 Å². The lowest BCUT2D eigenvalue weighted by Crippen LogP contribution is -2.13. The van der Waals surface area contributed by atoms with Gasteiger partial charge in [0.25, 0.3) is 11.6 Å². The molecule has 0 saturated carbocycles. The number of hydrogen-bond acceptors (Lipinski definition) is 9. The van der Waals surface area contributed by atoms with Crippen LogP contribution < -0.4 is 0 Å². The molecule has 2 aromatic heterocycles. The van der Waals surface area contributed by atoms with Crippen molar-refractivity contribution in [3.63, 3.8) is 0 Å². The minimum atomic E-state index is -0.778. The molecular formula is C21H12ClN3O6S. The Balaban J connectivity index is 1.53. The van der Waals surface area contributed by atoms with Crippen molar-refractivity contribution in [2.24, 2.45) is 0 Å². The van der Waals surface area contributed by atoms with E-state index in [2.05, 4.69) is 10.1 Å². The first-order chi connectivity index (χ1) is 15.4. The van der Waals surface area contributed by atoms with Gasteiger partial charge >= 0.3 is 5.97 Å². The van der Waals surface area contributed by atoms with Gasteiger partial charge in [0.15, 0.2) is 12.4 Å². The smallest absolute Gasteiger partial charge is 0.339 e. The number of halogens is 1. The molecule has 2 aromatic carbocycles. The second kappa shape index (κ2) is 9.08. The van der Waals surface area contributed by atoms with Crippen molar-refractivity contribution < 1.29 is 23.8 Å². The first-order valence-electron chi connectivity index (χ1n) is 9.04. The Morgan fingerprint density at radius 1 is 1.16 bits per heavy atom. The van der Waals surface area contributed by atoms with Gasteiger partial charge in [0.1, 0.15) is 5.02 Å². The molecule has 0 atom stereocenters. The predicted octanol–water partition coefficient (Wildman–Crippen LogP) is 4.95. The Kier molecular flexibility index (Phi) is 6.06. The normalized spacial score (nSPS) is 10.7. The number of thiophene rings is 1. The lowest BCUT2D eigenvalue weighted by Gasteiger charge is -2.08. The molecular weight excluding hydrogens is 458 g/mol. The van der Waals surface area contributed by atoms with Crippen LogP contribution >= 0.6 is 22.9 Å². The summed E-state index contributed by atoms with van der Waals surface area (Å²) in [6.07, 6.45) is 0. The van der Waals surface area contributed by atoms with E-state index in [0.29, 0.717) is 5.89 Å². The van der Waals surface area contributed by atoms with Crippen molar-refractivity contribution in [2.75, 3.05) is 0 Å². The molecule has 0 fully saturated rings. The van der Waals surface area contributed by atoms with Crippen LogP contribution in [0.4, 0.5) is 5.69 Å². The molecule has 4 rings (SSSR count). The number of rotatable bonds is 7. The van der Waals surface area contributed by atoms with E-state index in [1.807, 2.05) is 16.8 Å². The first-order valence-corrected chi connectivity index (χ1v) is 10.4. The molecule has 0 saturated heterocycles. The number of ketones is 1. The van der Waals surface area contributed by atoms with E-state index in [4.69, 9.17) is 20.9 Å². The zero-order chi connectivity index (χ0) is 22.7. The van der Waals surface area contributed by atoms with Gasteiger partial charge in [0, 0.05) is 22.6 Å². The molecule has 160 valence electrons.